The van der Waals surface area contributed by atoms with Crippen molar-refractivity contribution in [2.75, 3.05) is 30.3 Å². The number of Topliss-reactive ketones (excluding diaryl/α,β-unsaturated/α-hetero) is 1. The van der Waals surface area contributed by atoms with Gasteiger partial charge in [0.1, 0.15) is 23.6 Å². The second-order valence-electron chi connectivity index (χ2n) is 15.7. The molecule has 5 aromatic rings. The van der Waals surface area contributed by atoms with Crippen LogP contribution in [-0.2, 0) is 11.2 Å². The second-order valence-corrected chi connectivity index (χ2v) is 15.7. The van der Waals surface area contributed by atoms with Crippen molar-refractivity contribution < 1.29 is 37.1 Å². The van der Waals surface area contributed by atoms with Crippen molar-refractivity contribution in [2.45, 2.75) is 76.7 Å². The van der Waals surface area contributed by atoms with E-state index in [1.807, 2.05) is 18.2 Å². The first-order valence-corrected chi connectivity index (χ1v) is 20.5. The van der Waals surface area contributed by atoms with E-state index in [9.17, 15) is 28.0 Å². The van der Waals surface area contributed by atoms with Gasteiger partial charge in [-0.2, -0.15) is 5.10 Å². The van der Waals surface area contributed by atoms with E-state index in [2.05, 4.69) is 36.3 Å². The topological polar surface area (TPSA) is 182 Å². The number of alkyl halides is 2. The van der Waals surface area contributed by atoms with Gasteiger partial charge in [-0.15, -0.1) is 0 Å². The Hall–Kier alpha value is -6.29. The molecule has 2 aliphatic carbocycles. The average Bonchev–Trinajstić information content (AvgIpc) is 3.77. The minimum Gasteiger partial charge on any atom is -0.457 e. The minimum atomic E-state index is -2.87. The molecule has 4 heterocycles. The van der Waals surface area contributed by atoms with Crippen LogP contribution in [0.1, 0.15) is 113 Å². The molecule has 4 N–H and O–H groups in total. The first kappa shape index (κ1) is 40.5. The van der Waals surface area contributed by atoms with Crippen LogP contribution in [0.3, 0.4) is 0 Å². The first-order valence-electron chi connectivity index (χ1n) is 20.5. The van der Waals surface area contributed by atoms with Gasteiger partial charge in [0.15, 0.2) is 11.4 Å². The molecule has 0 unspecified atom stereocenters. The molecule has 0 saturated heterocycles. The van der Waals surface area contributed by atoms with Crippen LogP contribution in [0.2, 0.25) is 0 Å². The molecule has 0 spiro atoms. The molecule has 3 amide bonds. The predicted molar refractivity (Wildman–Crippen MR) is 217 cm³/mol. The number of carbonyl (C=O) groups is 4. The van der Waals surface area contributed by atoms with Crippen LogP contribution in [0, 0.1) is 11.8 Å². The standard InChI is InChI=1S/C44H46F2N8O6/c45-40(46)38-33(50-41(56)34-25-59-44(51-34)29-17-19-48-36(21-29)49-23-28-11-12-28)24-54(53-38)30-15-13-27(14-16-30)22-47-18-3-1-2-6-26-7-4-8-31(20-26)60-35-10-5-9-32-37(35)42(57)52-43(58)39(32)55/h4-5,7-10,17,19-21,24-25,27-28,30,40,47H,1-3,6,11-16,18,22-23H2,(H,48,49)(H,50,56)(H,52,57,58). The highest BCUT2D eigenvalue weighted by Crippen LogP contribution is 2.35. The third-order valence-corrected chi connectivity index (χ3v) is 11.2. The number of amides is 3. The molecule has 0 radical (unpaired) electrons. The van der Waals surface area contributed by atoms with Gasteiger partial charge in [0.25, 0.3) is 29.9 Å². The van der Waals surface area contributed by atoms with Gasteiger partial charge in [-0.1, -0.05) is 24.6 Å². The Kier molecular flexibility index (Phi) is 12.4. The molecule has 8 rings (SSSR count). The molecule has 60 heavy (non-hydrogen) atoms. The Labute approximate surface area is 344 Å². The van der Waals surface area contributed by atoms with Crippen LogP contribution < -0.4 is 26.0 Å². The zero-order chi connectivity index (χ0) is 41.6. The maximum Gasteiger partial charge on any atom is 0.299 e. The second kappa shape index (κ2) is 18.3. The van der Waals surface area contributed by atoms with E-state index < -0.39 is 35.6 Å². The van der Waals surface area contributed by atoms with Gasteiger partial charge in [0, 0.05) is 30.1 Å². The largest absolute Gasteiger partial charge is 0.457 e. The van der Waals surface area contributed by atoms with Crippen molar-refractivity contribution in [1.82, 2.24) is 30.4 Å². The van der Waals surface area contributed by atoms with E-state index in [4.69, 9.17) is 9.15 Å². The lowest BCUT2D eigenvalue weighted by Crippen LogP contribution is -2.42. The number of unbranched alkanes of at least 4 members (excludes halogenated alkanes) is 2. The van der Waals surface area contributed by atoms with Gasteiger partial charge in [-0.05, 0) is 125 Å². The Morgan fingerprint density at radius 2 is 1.73 bits per heavy atom. The van der Waals surface area contributed by atoms with E-state index in [1.54, 1.807) is 41.2 Å². The highest BCUT2D eigenvalue weighted by molar-refractivity contribution is 6.49. The minimum absolute atomic E-state index is 0.0312. The van der Waals surface area contributed by atoms with E-state index in [-0.39, 0.29) is 40.2 Å². The van der Waals surface area contributed by atoms with Crippen molar-refractivity contribution in [1.29, 1.82) is 0 Å². The Morgan fingerprint density at radius 1 is 0.933 bits per heavy atom. The zero-order valence-electron chi connectivity index (χ0n) is 32.9. The normalized spacial score (nSPS) is 17.7. The van der Waals surface area contributed by atoms with Crippen LogP contribution >= 0.6 is 0 Å². The fourth-order valence-electron chi connectivity index (χ4n) is 7.73. The summed E-state index contributed by atoms with van der Waals surface area (Å²) in [6.45, 7) is 2.62. The highest BCUT2D eigenvalue weighted by Gasteiger charge is 2.33. The van der Waals surface area contributed by atoms with Crippen LogP contribution in [0.4, 0.5) is 20.3 Å². The first-order chi connectivity index (χ1) is 29.2. The maximum absolute atomic E-state index is 14.1. The number of ether oxygens (including phenoxy) is 1. The number of halogens is 2. The maximum atomic E-state index is 14.1. The van der Waals surface area contributed by atoms with Crippen LogP contribution in [0.15, 0.2) is 77.7 Å². The van der Waals surface area contributed by atoms with Crippen molar-refractivity contribution in [3.8, 4) is 23.0 Å². The van der Waals surface area contributed by atoms with E-state index in [0.29, 0.717) is 29.0 Å². The summed E-state index contributed by atoms with van der Waals surface area (Å²) in [6, 6.07) is 15.7. The number of nitrogens with one attached hydrogen (secondary N) is 4. The number of fused-ring (bicyclic) bond motifs is 1. The lowest BCUT2D eigenvalue weighted by molar-refractivity contribution is -0.116. The van der Waals surface area contributed by atoms with Crippen molar-refractivity contribution in [3.63, 3.8) is 0 Å². The fourth-order valence-corrected chi connectivity index (χ4v) is 7.73. The van der Waals surface area contributed by atoms with Crippen LogP contribution in [0.5, 0.6) is 11.5 Å². The molecular weight excluding hydrogens is 775 g/mol. The smallest absolute Gasteiger partial charge is 0.299 e. The average molecular weight is 821 g/mol. The summed E-state index contributed by atoms with van der Waals surface area (Å²) in [7, 11) is 0. The molecule has 312 valence electrons. The summed E-state index contributed by atoms with van der Waals surface area (Å²) >= 11 is 0. The van der Waals surface area contributed by atoms with Gasteiger partial charge < -0.3 is 25.1 Å². The van der Waals surface area contributed by atoms with Crippen LogP contribution in [-0.4, -0.2) is 62.9 Å². The van der Waals surface area contributed by atoms with Gasteiger partial charge in [-0.25, -0.2) is 18.7 Å². The monoisotopic (exact) mass is 820 g/mol. The zero-order valence-corrected chi connectivity index (χ0v) is 32.9. The number of hydrogen-bond acceptors (Lipinski definition) is 11. The number of aromatic nitrogens is 4. The number of pyridine rings is 1. The lowest BCUT2D eigenvalue weighted by Gasteiger charge is -2.29. The van der Waals surface area contributed by atoms with Gasteiger partial charge in [-0.3, -0.25) is 29.2 Å². The summed E-state index contributed by atoms with van der Waals surface area (Å²) in [5, 5.41) is 15.7. The number of aryl methyl sites for hydroxylation is 1. The Balaban J connectivity index is 0.749. The third kappa shape index (κ3) is 9.76. The quantitative estimate of drug-likeness (QED) is 0.0383. The van der Waals surface area contributed by atoms with E-state index in [0.717, 1.165) is 76.6 Å². The molecule has 0 atom stereocenters. The molecular formula is C44H46F2N8O6. The summed E-state index contributed by atoms with van der Waals surface area (Å²) in [5.74, 6) is -0.236. The fraction of sp³-hybridized carbons (Fsp3) is 0.386. The van der Waals surface area contributed by atoms with Crippen molar-refractivity contribution >= 4 is 35.0 Å². The van der Waals surface area contributed by atoms with Crippen LogP contribution in [0.25, 0.3) is 11.5 Å². The molecule has 1 aliphatic heterocycles. The summed E-state index contributed by atoms with van der Waals surface area (Å²) < 4.78 is 41.3. The number of imide groups is 1. The molecule has 2 fully saturated rings. The Bertz CT molecular complexity index is 2370. The highest BCUT2D eigenvalue weighted by atomic mass is 19.3. The summed E-state index contributed by atoms with van der Waals surface area (Å²) in [6.07, 6.45) is 11.2. The van der Waals surface area contributed by atoms with Crippen molar-refractivity contribution in [2.24, 2.45) is 11.8 Å². The molecule has 16 heteroatoms. The number of ketones is 1. The number of rotatable bonds is 18. The Morgan fingerprint density at radius 3 is 2.55 bits per heavy atom. The molecule has 2 saturated carbocycles. The number of carbonyl (C=O) groups excluding carboxylic acids is 4. The van der Waals surface area contributed by atoms with Gasteiger partial charge in [0.2, 0.25) is 5.89 Å². The van der Waals surface area contributed by atoms with Gasteiger partial charge >= 0.3 is 0 Å². The summed E-state index contributed by atoms with van der Waals surface area (Å²) in [5.41, 5.74) is 1.26. The molecule has 2 aromatic carbocycles. The van der Waals surface area contributed by atoms with Crippen molar-refractivity contribution in [3.05, 3.63) is 101 Å². The predicted octanol–water partition coefficient (Wildman–Crippen LogP) is 7.92. The summed E-state index contributed by atoms with van der Waals surface area (Å²) in [4.78, 5) is 58.2. The molecule has 3 aliphatic rings. The van der Waals surface area contributed by atoms with Gasteiger partial charge in [0.05, 0.1) is 17.3 Å². The third-order valence-electron chi connectivity index (χ3n) is 11.2. The van der Waals surface area contributed by atoms with E-state index in [1.165, 1.54) is 31.4 Å². The molecule has 14 nitrogen and oxygen atoms in total. The number of hydrogen-bond donors (Lipinski definition) is 4. The number of nitrogens with zero attached hydrogens (tertiary/aromatic N) is 4. The SMILES string of the molecule is O=C1NC(=O)c2c(Oc3cccc(CCCCCNCC4CCC(n5cc(NC(=O)c6coc(-c7ccnc(NCC8CC8)c7)n6)c(C(F)F)n5)CC4)c3)cccc2C1=O. The lowest BCUT2D eigenvalue weighted by atomic mass is 9.86. The molecule has 0 bridgehead atoms. The number of anilines is 2. The van der Waals surface area contributed by atoms with E-state index >= 15 is 0 Å². The number of oxazole rings is 1. The molecule has 3 aromatic heterocycles. The number of benzene rings is 2.